The summed E-state index contributed by atoms with van der Waals surface area (Å²) in [6.07, 6.45) is 7.13. The van der Waals surface area contributed by atoms with Crippen molar-refractivity contribution in [2.24, 2.45) is 0 Å². The van der Waals surface area contributed by atoms with E-state index in [4.69, 9.17) is 0 Å². The molecule has 10 heteroatoms. The number of fused-ring (bicyclic) bond motifs is 1. The largest absolute Gasteiger partial charge is 0.392 e. The minimum Gasteiger partial charge on any atom is -0.392 e. The Balaban J connectivity index is 0.00000192. The molecule has 2 N–H and O–H groups in total. The Morgan fingerprint density at radius 2 is 2.00 bits per heavy atom. The van der Waals surface area contributed by atoms with Gasteiger partial charge in [-0.05, 0) is 32.2 Å². The summed E-state index contributed by atoms with van der Waals surface area (Å²) in [5.41, 5.74) is 1.71. The number of hydrogen-bond donors (Lipinski definition) is 2. The van der Waals surface area contributed by atoms with Gasteiger partial charge in [-0.25, -0.2) is 15.0 Å². The van der Waals surface area contributed by atoms with Gasteiger partial charge in [-0.1, -0.05) is 0 Å². The van der Waals surface area contributed by atoms with Gasteiger partial charge in [0.05, 0.1) is 12.4 Å². The SMILES string of the molecule is CN(C)c1ncnc2c1ncn2CCCC1NCCCC1O.Cl.Cl.Cl. The molecule has 0 amide bonds. The van der Waals surface area contributed by atoms with Crippen LogP contribution in [0.25, 0.3) is 11.2 Å². The summed E-state index contributed by atoms with van der Waals surface area (Å²) in [6.45, 7) is 1.86. The summed E-state index contributed by atoms with van der Waals surface area (Å²) in [5.74, 6) is 0.841. The number of halogens is 3. The van der Waals surface area contributed by atoms with E-state index in [1.165, 1.54) is 0 Å². The van der Waals surface area contributed by atoms with Crippen LogP contribution in [0, 0.1) is 0 Å². The quantitative estimate of drug-likeness (QED) is 0.781. The van der Waals surface area contributed by atoms with Gasteiger partial charge in [0.25, 0.3) is 0 Å². The molecule has 144 valence electrons. The van der Waals surface area contributed by atoms with E-state index in [0.717, 1.165) is 55.8 Å². The highest BCUT2D eigenvalue weighted by Gasteiger charge is 2.21. The van der Waals surface area contributed by atoms with E-state index in [0.29, 0.717) is 0 Å². The number of rotatable bonds is 5. The molecule has 7 nitrogen and oxygen atoms in total. The van der Waals surface area contributed by atoms with Gasteiger partial charge in [0, 0.05) is 26.7 Å². The van der Waals surface area contributed by atoms with Crippen LogP contribution in [0.5, 0.6) is 0 Å². The van der Waals surface area contributed by atoms with Gasteiger partial charge in [-0.2, -0.15) is 0 Å². The number of anilines is 1. The van der Waals surface area contributed by atoms with Gasteiger partial charge < -0.3 is 19.9 Å². The van der Waals surface area contributed by atoms with Crippen LogP contribution < -0.4 is 10.2 Å². The Morgan fingerprint density at radius 3 is 2.68 bits per heavy atom. The first-order valence-corrected chi connectivity index (χ1v) is 7.91. The molecule has 2 aromatic heterocycles. The predicted molar refractivity (Wildman–Crippen MR) is 108 cm³/mol. The molecule has 1 aliphatic heterocycles. The fourth-order valence-corrected chi connectivity index (χ4v) is 3.07. The number of hydrogen-bond acceptors (Lipinski definition) is 6. The second kappa shape index (κ2) is 11.0. The molecule has 2 atom stereocenters. The average Bonchev–Trinajstić information content (AvgIpc) is 2.92. The topological polar surface area (TPSA) is 79.1 Å². The molecule has 0 bridgehead atoms. The molecule has 2 aromatic rings. The Morgan fingerprint density at radius 1 is 1.24 bits per heavy atom. The number of nitrogens with one attached hydrogen (secondary N) is 1. The Labute approximate surface area is 166 Å². The van der Waals surface area contributed by atoms with E-state index in [1.807, 2.05) is 25.3 Å². The molecule has 3 heterocycles. The first-order chi connectivity index (χ1) is 10.7. The molecule has 25 heavy (non-hydrogen) atoms. The van der Waals surface area contributed by atoms with Gasteiger partial charge >= 0.3 is 0 Å². The molecular weight excluding hydrogens is 387 g/mol. The van der Waals surface area contributed by atoms with Crippen LogP contribution in [0.3, 0.4) is 0 Å². The van der Waals surface area contributed by atoms with Crippen molar-refractivity contribution in [3.63, 3.8) is 0 Å². The number of nitrogens with zero attached hydrogens (tertiary/aromatic N) is 5. The third kappa shape index (κ3) is 5.56. The van der Waals surface area contributed by atoms with Crippen LogP contribution >= 0.6 is 37.2 Å². The smallest absolute Gasteiger partial charge is 0.165 e. The van der Waals surface area contributed by atoms with Gasteiger partial charge in [-0.15, -0.1) is 37.2 Å². The van der Waals surface area contributed by atoms with Crippen LogP contribution in [-0.4, -0.2) is 57.4 Å². The summed E-state index contributed by atoms with van der Waals surface area (Å²) in [5, 5.41) is 13.4. The zero-order valence-corrected chi connectivity index (χ0v) is 16.9. The molecule has 1 aliphatic rings. The fraction of sp³-hybridized carbons (Fsp3) is 0.667. The summed E-state index contributed by atoms with van der Waals surface area (Å²) in [4.78, 5) is 15.0. The van der Waals surface area contributed by atoms with Gasteiger partial charge in [0.15, 0.2) is 17.0 Å². The Hall–Kier alpha value is -0.860. The van der Waals surface area contributed by atoms with Crippen LogP contribution in [-0.2, 0) is 6.54 Å². The normalized spacial score (nSPS) is 19.5. The lowest BCUT2D eigenvalue weighted by molar-refractivity contribution is 0.0909. The lowest BCUT2D eigenvalue weighted by Gasteiger charge is -2.28. The summed E-state index contributed by atoms with van der Waals surface area (Å²) >= 11 is 0. The lowest BCUT2D eigenvalue weighted by atomic mass is 9.97. The van der Waals surface area contributed by atoms with Crippen molar-refractivity contribution in [3.8, 4) is 0 Å². The van der Waals surface area contributed by atoms with Crippen LogP contribution in [0.4, 0.5) is 5.82 Å². The highest BCUT2D eigenvalue weighted by molar-refractivity contribution is 5.86. The van der Waals surface area contributed by atoms with E-state index in [-0.39, 0.29) is 49.4 Å². The third-order valence-electron chi connectivity index (χ3n) is 4.27. The number of piperidine rings is 1. The van der Waals surface area contributed by atoms with E-state index < -0.39 is 0 Å². The number of imidazole rings is 1. The fourth-order valence-electron chi connectivity index (χ4n) is 3.07. The van der Waals surface area contributed by atoms with Crippen molar-refractivity contribution in [1.29, 1.82) is 0 Å². The maximum Gasteiger partial charge on any atom is 0.165 e. The van der Waals surface area contributed by atoms with Crippen molar-refractivity contribution >= 4 is 54.2 Å². The zero-order valence-electron chi connectivity index (χ0n) is 14.5. The molecule has 1 fully saturated rings. The van der Waals surface area contributed by atoms with Crippen molar-refractivity contribution in [2.75, 3.05) is 25.5 Å². The number of aliphatic hydroxyl groups is 1. The molecule has 3 rings (SSSR count). The highest BCUT2D eigenvalue weighted by atomic mass is 35.5. The summed E-state index contributed by atoms with van der Waals surface area (Å²) < 4.78 is 2.07. The van der Waals surface area contributed by atoms with Crippen molar-refractivity contribution in [1.82, 2.24) is 24.8 Å². The predicted octanol–water partition coefficient (Wildman–Crippen LogP) is 2.05. The van der Waals surface area contributed by atoms with Crippen LogP contribution in [0.2, 0.25) is 0 Å². The molecule has 0 aliphatic carbocycles. The van der Waals surface area contributed by atoms with E-state index in [9.17, 15) is 5.11 Å². The first-order valence-electron chi connectivity index (χ1n) is 7.91. The number of aromatic nitrogens is 4. The molecule has 2 unspecified atom stereocenters. The molecule has 1 saturated heterocycles. The van der Waals surface area contributed by atoms with E-state index >= 15 is 0 Å². The summed E-state index contributed by atoms with van der Waals surface area (Å²) in [7, 11) is 3.91. The number of aliphatic hydroxyl groups excluding tert-OH is 1. The molecule has 0 radical (unpaired) electrons. The minimum absolute atomic E-state index is 0. The second-order valence-electron chi connectivity index (χ2n) is 6.11. The van der Waals surface area contributed by atoms with Gasteiger partial charge in [0.1, 0.15) is 6.33 Å². The van der Waals surface area contributed by atoms with Gasteiger partial charge in [0.2, 0.25) is 0 Å². The standard InChI is InChI=1S/C15H24N6O.3ClH/c1-20(2)14-13-15(18-9-17-14)21(10-19-13)8-4-5-11-12(22)6-3-7-16-11;;;/h9-12,16,22H,3-8H2,1-2H3;3*1H. The number of aryl methyl sites for hydroxylation is 1. The second-order valence-corrected chi connectivity index (χ2v) is 6.11. The average molecular weight is 414 g/mol. The maximum atomic E-state index is 9.99. The Bertz CT molecular complexity index is 639. The van der Waals surface area contributed by atoms with Crippen LogP contribution in [0.1, 0.15) is 25.7 Å². The maximum absolute atomic E-state index is 9.99. The highest BCUT2D eigenvalue weighted by Crippen LogP contribution is 2.20. The van der Waals surface area contributed by atoms with Crippen molar-refractivity contribution < 1.29 is 5.11 Å². The van der Waals surface area contributed by atoms with Crippen molar-refractivity contribution in [3.05, 3.63) is 12.7 Å². The summed E-state index contributed by atoms with van der Waals surface area (Å²) in [6, 6.07) is 0.218. The van der Waals surface area contributed by atoms with Gasteiger partial charge in [-0.3, -0.25) is 0 Å². The monoisotopic (exact) mass is 412 g/mol. The molecule has 0 aromatic carbocycles. The van der Waals surface area contributed by atoms with Crippen LogP contribution in [0.15, 0.2) is 12.7 Å². The first kappa shape index (κ1) is 24.1. The molecule has 0 spiro atoms. The van der Waals surface area contributed by atoms with Crippen molar-refractivity contribution in [2.45, 2.75) is 44.4 Å². The molecule has 0 saturated carbocycles. The Kier molecular flexibility index (Phi) is 10.6. The minimum atomic E-state index is -0.212. The van der Waals surface area contributed by atoms with E-state index in [2.05, 4.69) is 24.8 Å². The zero-order chi connectivity index (χ0) is 15.5. The van der Waals surface area contributed by atoms with E-state index in [1.54, 1.807) is 6.33 Å². The molecular formula is C15H27Cl3N6O. The third-order valence-corrected chi connectivity index (χ3v) is 4.27. The lowest BCUT2D eigenvalue weighted by Crippen LogP contribution is -2.44.